The van der Waals surface area contributed by atoms with Gasteiger partial charge in [0, 0.05) is 43.3 Å². The van der Waals surface area contributed by atoms with Gasteiger partial charge in [0.25, 0.3) is 0 Å². The van der Waals surface area contributed by atoms with Crippen molar-refractivity contribution in [2.75, 3.05) is 33.2 Å². The van der Waals surface area contributed by atoms with E-state index in [0.29, 0.717) is 10.8 Å². The monoisotopic (exact) mass is 494 g/mol. The molecule has 0 spiro atoms. The van der Waals surface area contributed by atoms with Gasteiger partial charge in [-0.3, -0.25) is 0 Å². The second kappa shape index (κ2) is 11.4. The van der Waals surface area contributed by atoms with Crippen LogP contribution >= 0.6 is 0 Å². The molecule has 1 unspecified atom stereocenters. The summed E-state index contributed by atoms with van der Waals surface area (Å²) < 4.78 is 28.3. The van der Waals surface area contributed by atoms with Crippen molar-refractivity contribution in [3.8, 4) is 0 Å². The van der Waals surface area contributed by atoms with E-state index in [0.717, 1.165) is 51.0 Å². The second-order valence-corrected chi connectivity index (χ2v) is 11.5. The molecule has 1 N–H and O–H groups in total. The quantitative estimate of drug-likeness (QED) is 0.544. The van der Waals surface area contributed by atoms with Crippen LogP contribution in [0.2, 0.25) is 0 Å². The number of hydrogen-bond acceptors (Lipinski definition) is 5. The standard InChI is InChI=1S/C28H38N4O2S/c1-4-31-21-23(2)29-27(22-31)24-15-18-32(19-16-24)20-17-28(25-11-7-5-8-12-25)30(3)35(33,34)26-13-9-6-10-14-26/h5-14,21-22,24,28-29H,4,15-20H2,1-3H3. The summed E-state index contributed by atoms with van der Waals surface area (Å²) in [5.74, 6) is 0.537. The van der Waals surface area contributed by atoms with Crippen LogP contribution in [0.25, 0.3) is 0 Å². The van der Waals surface area contributed by atoms with Crippen molar-refractivity contribution in [1.82, 2.24) is 19.4 Å². The zero-order valence-corrected chi connectivity index (χ0v) is 21.9. The van der Waals surface area contributed by atoms with Crippen molar-refractivity contribution in [2.45, 2.75) is 44.0 Å². The smallest absolute Gasteiger partial charge is 0.243 e. The molecule has 2 aliphatic heterocycles. The van der Waals surface area contributed by atoms with Crippen molar-refractivity contribution < 1.29 is 8.42 Å². The maximum atomic E-state index is 13.4. The summed E-state index contributed by atoms with van der Waals surface area (Å²) in [6.45, 7) is 8.18. The largest absolute Gasteiger partial charge is 0.360 e. The van der Waals surface area contributed by atoms with Crippen molar-refractivity contribution in [1.29, 1.82) is 0 Å². The Bertz CT molecular complexity index is 1120. The van der Waals surface area contributed by atoms with Gasteiger partial charge in [0.1, 0.15) is 0 Å². The van der Waals surface area contributed by atoms with E-state index in [9.17, 15) is 8.42 Å². The number of nitrogens with one attached hydrogen (secondary N) is 1. The maximum Gasteiger partial charge on any atom is 0.243 e. The molecule has 6 nitrogen and oxygen atoms in total. The number of nitrogens with zero attached hydrogens (tertiary/aromatic N) is 3. The average Bonchev–Trinajstić information content (AvgIpc) is 2.89. The van der Waals surface area contributed by atoms with Crippen molar-refractivity contribution in [2.24, 2.45) is 5.92 Å². The lowest BCUT2D eigenvalue weighted by atomic mass is 9.92. The van der Waals surface area contributed by atoms with Crippen LogP contribution in [0.5, 0.6) is 0 Å². The molecule has 0 radical (unpaired) electrons. The van der Waals surface area contributed by atoms with Crippen LogP contribution in [0.4, 0.5) is 0 Å². The minimum absolute atomic E-state index is 0.215. The van der Waals surface area contributed by atoms with E-state index in [1.807, 2.05) is 36.4 Å². The minimum Gasteiger partial charge on any atom is -0.360 e. The number of hydrogen-bond donors (Lipinski definition) is 1. The zero-order valence-electron chi connectivity index (χ0n) is 21.1. The molecule has 4 rings (SSSR count). The first-order valence-electron chi connectivity index (χ1n) is 12.6. The van der Waals surface area contributed by atoms with E-state index in [2.05, 4.69) is 41.4 Å². The molecular weight excluding hydrogens is 456 g/mol. The molecular formula is C28H38N4O2S. The van der Waals surface area contributed by atoms with Gasteiger partial charge in [-0.2, -0.15) is 4.31 Å². The number of rotatable bonds is 9. The molecule has 7 heteroatoms. The summed E-state index contributed by atoms with van der Waals surface area (Å²) in [5, 5.41) is 3.57. The van der Waals surface area contributed by atoms with E-state index >= 15 is 0 Å². The van der Waals surface area contributed by atoms with Gasteiger partial charge in [0.05, 0.1) is 10.9 Å². The number of benzene rings is 2. The van der Waals surface area contributed by atoms with Crippen molar-refractivity contribution in [3.63, 3.8) is 0 Å². The lowest BCUT2D eigenvalue weighted by Gasteiger charge is -2.37. The minimum atomic E-state index is -3.59. The first-order valence-corrected chi connectivity index (χ1v) is 14.1. The zero-order chi connectivity index (χ0) is 24.8. The van der Waals surface area contributed by atoms with Crippen molar-refractivity contribution in [3.05, 3.63) is 90.0 Å². The molecule has 1 atom stereocenters. The molecule has 188 valence electrons. The molecule has 0 aromatic heterocycles. The van der Waals surface area contributed by atoms with Gasteiger partial charge in [-0.05, 0) is 70.4 Å². The molecule has 1 fully saturated rings. The van der Waals surface area contributed by atoms with Crippen LogP contribution in [0.15, 0.2) is 89.4 Å². The number of piperidine rings is 1. The van der Waals surface area contributed by atoms with Gasteiger partial charge in [0.2, 0.25) is 10.0 Å². The average molecular weight is 495 g/mol. The second-order valence-electron chi connectivity index (χ2n) is 9.52. The van der Waals surface area contributed by atoms with Gasteiger partial charge in [0.15, 0.2) is 0 Å². The van der Waals surface area contributed by atoms with Gasteiger partial charge >= 0.3 is 0 Å². The number of allylic oxidation sites excluding steroid dienone is 2. The van der Waals surface area contributed by atoms with Gasteiger partial charge in [-0.15, -0.1) is 0 Å². The van der Waals surface area contributed by atoms with Crippen LogP contribution < -0.4 is 5.32 Å². The molecule has 2 aromatic rings. The van der Waals surface area contributed by atoms with E-state index in [-0.39, 0.29) is 6.04 Å². The van der Waals surface area contributed by atoms with Crippen molar-refractivity contribution >= 4 is 10.0 Å². The fraction of sp³-hybridized carbons (Fsp3) is 0.429. The van der Waals surface area contributed by atoms with E-state index < -0.39 is 10.0 Å². The Morgan fingerprint density at radius 1 is 1.00 bits per heavy atom. The van der Waals surface area contributed by atoms with Crippen LogP contribution in [0.3, 0.4) is 0 Å². The Labute approximate surface area is 211 Å². The highest BCUT2D eigenvalue weighted by Crippen LogP contribution is 2.31. The highest BCUT2D eigenvalue weighted by Gasteiger charge is 2.30. The lowest BCUT2D eigenvalue weighted by molar-refractivity contribution is 0.179. The van der Waals surface area contributed by atoms with Crippen LogP contribution in [0.1, 0.15) is 44.7 Å². The fourth-order valence-corrected chi connectivity index (χ4v) is 6.47. The fourth-order valence-electron chi connectivity index (χ4n) is 5.08. The Morgan fingerprint density at radius 3 is 2.26 bits per heavy atom. The van der Waals surface area contributed by atoms with Gasteiger partial charge in [-0.25, -0.2) is 8.42 Å². The summed E-state index contributed by atoms with van der Waals surface area (Å²) in [6.07, 6.45) is 7.38. The molecule has 0 amide bonds. The molecule has 2 aliphatic rings. The van der Waals surface area contributed by atoms with E-state index in [1.165, 1.54) is 11.4 Å². The van der Waals surface area contributed by atoms with Gasteiger partial charge in [-0.1, -0.05) is 48.5 Å². The Hall–Kier alpha value is -2.61. The normalized spacial score (nSPS) is 18.7. The third-order valence-corrected chi connectivity index (χ3v) is 9.04. The maximum absolute atomic E-state index is 13.4. The Morgan fingerprint density at radius 2 is 1.63 bits per heavy atom. The molecule has 0 aliphatic carbocycles. The topological polar surface area (TPSA) is 55.9 Å². The molecule has 2 aromatic carbocycles. The lowest BCUT2D eigenvalue weighted by Crippen LogP contribution is -2.39. The van der Waals surface area contributed by atoms with Gasteiger partial charge < -0.3 is 15.1 Å². The van der Waals surface area contributed by atoms with Crippen LogP contribution in [0, 0.1) is 5.92 Å². The van der Waals surface area contributed by atoms with E-state index in [1.54, 1.807) is 35.6 Å². The predicted octanol–water partition coefficient (Wildman–Crippen LogP) is 4.78. The number of likely N-dealkylation sites (tertiary alicyclic amines) is 1. The Balaban J connectivity index is 1.41. The molecule has 1 saturated heterocycles. The molecule has 0 saturated carbocycles. The summed E-state index contributed by atoms with van der Waals surface area (Å²) in [7, 11) is -1.88. The molecule has 2 heterocycles. The highest BCUT2D eigenvalue weighted by atomic mass is 32.2. The molecule has 35 heavy (non-hydrogen) atoms. The van der Waals surface area contributed by atoms with E-state index in [4.69, 9.17) is 0 Å². The number of sulfonamides is 1. The summed E-state index contributed by atoms with van der Waals surface area (Å²) in [6, 6.07) is 18.5. The highest BCUT2D eigenvalue weighted by molar-refractivity contribution is 7.89. The third kappa shape index (κ3) is 6.15. The van der Waals surface area contributed by atoms with Crippen LogP contribution in [-0.4, -0.2) is 55.7 Å². The summed E-state index contributed by atoms with van der Waals surface area (Å²) >= 11 is 0. The first kappa shape index (κ1) is 25.5. The van der Waals surface area contributed by atoms with Crippen LogP contribution in [-0.2, 0) is 10.0 Å². The SMILES string of the molecule is CCN1C=C(C)NC(C2CCN(CCC(c3ccccc3)N(C)S(=O)(=O)c3ccccc3)CC2)=C1. The first-order chi connectivity index (χ1) is 16.9. The summed E-state index contributed by atoms with van der Waals surface area (Å²) in [4.78, 5) is 5.07. The summed E-state index contributed by atoms with van der Waals surface area (Å²) in [5.41, 5.74) is 3.55. The molecule has 0 bridgehead atoms. The Kier molecular flexibility index (Phi) is 8.31. The third-order valence-electron chi connectivity index (χ3n) is 7.16. The predicted molar refractivity (Wildman–Crippen MR) is 142 cm³/mol.